The molecule has 1 aliphatic rings. The molecule has 0 radical (unpaired) electrons. The number of aromatic amines is 1. The van der Waals surface area contributed by atoms with Gasteiger partial charge in [0.25, 0.3) is 5.56 Å². The lowest BCUT2D eigenvalue weighted by atomic mass is 10.2. The van der Waals surface area contributed by atoms with E-state index in [1.165, 1.54) is 0 Å². The van der Waals surface area contributed by atoms with Gasteiger partial charge in [0.2, 0.25) is 5.88 Å². The average Bonchev–Trinajstić information content (AvgIpc) is 3.16. The maximum atomic E-state index is 12.9. The van der Waals surface area contributed by atoms with Crippen LogP contribution in [-0.4, -0.2) is 86.5 Å². The smallest absolute Gasteiger partial charge is 0.279 e. The molecule has 0 aromatic carbocycles. The number of methoxy groups -OCH3 is 1. The van der Waals surface area contributed by atoms with Crippen LogP contribution >= 0.6 is 11.9 Å². The van der Waals surface area contributed by atoms with Crippen LogP contribution in [0.3, 0.4) is 0 Å². The van der Waals surface area contributed by atoms with Crippen LogP contribution in [0.5, 0.6) is 5.88 Å². The highest BCUT2D eigenvalue weighted by Crippen LogP contribution is 2.33. The number of pyridine rings is 1. The fraction of sp³-hybridized carbons (Fsp3) is 0.565. The summed E-state index contributed by atoms with van der Waals surface area (Å²) in [5.41, 5.74) is 2.22. The summed E-state index contributed by atoms with van der Waals surface area (Å²) in [4.78, 5) is 28.6. The van der Waals surface area contributed by atoms with Crippen LogP contribution in [0.15, 0.2) is 22.0 Å². The minimum Gasteiger partial charge on any atom is -0.472 e. The quantitative estimate of drug-likeness (QED) is 0.456. The zero-order valence-corrected chi connectivity index (χ0v) is 21.3. The summed E-state index contributed by atoms with van der Waals surface area (Å²) < 4.78 is 15.4. The molecule has 1 atom stereocenters. The molecule has 1 unspecified atom stereocenters. The lowest BCUT2D eigenvalue weighted by Crippen LogP contribution is -2.43. The highest BCUT2D eigenvalue weighted by Gasteiger charge is 2.21. The predicted octanol–water partition coefficient (Wildman–Crippen LogP) is 2.34. The SMILES string of the molecule is CCc1c2nc(-c3cc(SN4CCN(CC)CC4)cnc3OC(C)COC)[nH]c(=O)c2nn1C. The molecule has 0 saturated carbocycles. The molecule has 4 rings (SSSR count). The molecule has 0 bridgehead atoms. The normalized spacial score (nSPS) is 16.3. The van der Waals surface area contributed by atoms with Crippen molar-refractivity contribution in [1.29, 1.82) is 0 Å². The van der Waals surface area contributed by atoms with Crippen molar-refractivity contribution >= 4 is 23.0 Å². The van der Waals surface area contributed by atoms with Crippen molar-refractivity contribution in [2.45, 2.75) is 38.2 Å². The zero-order valence-electron chi connectivity index (χ0n) is 20.5. The van der Waals surface area contributed by atoms with Gasteiger partial charge in [0.15, 0.2) is 5.52 Å². The lowest BCUT2D eigenvalue weighted by Gasteiger charge is -2.33. The van der Waals surface area contributed by atoms with Crippen LogP contribution in [0.25, 0.3) is 22.4 Å². The Labute approximate surface area is 203 Å². The monoisotopic (exact) mass is 487 g/mol. The second-order valence-electron chi connectivity index (χ2n) is 8.40. The van der Waals surface area contributed by atoms with Gasteiger partial charge in [-0.25, -0.2) is 14.3 Å². The highest BCUT2D eigenvalue weighted by molar-refractivity contribution is 7.97. The van der Waals surface area contributed by atoms with Crippen LogP contribution < -0.4 is 10.3 Å². The van der Waals surface area contributed by atoms with Gasteiger partial charge >= 0.3 is 0 Å². The minimum absolute atomic E-state index is 0.211. The van der Waals surface area contributed by atoms with Crippen molar-refractivity contribution in [3.8, 4) is 17.3 Å². The number of nitrogens with zero attached hydrogens (tertiary/aromatic N) is 6. The number of nitrogens with one attached hydrogen (secondary N) is 1. The molecule has 0 aliphatic carbocycles. The summed E-state index contributed by atoms with van der Waals surface area (Å²) >= 11 is 1.67. The maximum Gasteiger partial charge on any atom is 0.279 e. The van der Waals surface area contributed by atoms with Crippen molar-refractivity contribution in [3.63, 3.8) is 0 Å². The third-order valence-electron chi connectivity index (χ3n) is 5.95. The van der Waals surface area contributed by atoms with Gasteiger partial charge in [0.05, 0.1) is 17.9 Å². The van der Waals surface area contributed by atoms with Gasteiger partial charge in [-0.1, -0.05) is 13.8 Å². The van der Waals surface area contributed by atoms with Crippen LogP contribution in [0, 0.1) is 0 Å². The Balaban J connectivity index is 1.72. The maximum absolute atomic E-state index is 12.9. The molecule has 0 amide bonds. The summed E-state index contributed by atoms with van der Waals surface area (Å²) in [6, 6.07) is 1.99. The summed E-state index contributed by atoms with van der Waals surface area (Å²) in [7, 11) is 3.46. The number of hydrogen-bond donors (Lipinski definition) is 1. The topological polar surface area (TPSA) is 101 Å². The van der Waals surface area contributed by atoms with Crippen molar-refractivity contribution in [2.75, 3.05) is 46.4 Å². The highest BCUT2D eigenvalue weighted by atomic mass is 32.2. The van der Waals surface area contributed by atoms with E-state index < -0.39 is 0 Å². The molecule has 1 saturated heterocycles. The number of ether oxygens (including phenoxy) is 2. The number of piperazine rings is 1. The van der Waals surface area contributed by atoms with Gasteiger partial charge in [-0.05, 0) is 37.9 Å². The van der Waals surface area contributed by atoms with Crippen molar-refractivity contribution in [1.82, 2.24) is 33.9 Å². The van der Waals surface area contributed by atoms with Gasteiger partial charge in [-0.3, -0.25) is 9.48 Å². The number of aromatic nitrogens is 5. The van der Waals surface area contributed by atoms with Gasteiger partial charge in [0, 0.05) is 51.4 Å². The van der Waals surface area contributed by atoms with Gasteiger partial charge < -0.3 is 19.4 Å². The van der Waals surface area contributed by atoms with Crippen molar-refractivity contribution in [2.24, 2.45) is 7.05 Å². The van der Waals surface area contributed by atoms with Gasteiger partial charge in [-0.15, -0.1) is 0 Å². The Bertz CT molecular complexity index is 1190. The van der Waals surface area contributed by atoms with Gasteiger partial charge in [0.1, 0.15) is 17.4 Å². The Kier molecular flexibility index (Phi) is 7.87. The zero-order chi connectivity index (χ0) is 24.2. The second kappa shape index (κ2) is 10.9. The predicted molar refractivity (Wildman–Crippen MR) is 133 cm³/mol. The largest absolute Gasteiger partial charge is 0.472 e. The van der Waals surface area contributed by atoms with Crippen LogP contribution in [0.1, 0.15) is 26.5 Å². The summed E-state index contributed by atoms with van der Waals surface area (Å²) in [6.07, 6.45) is 2.32. The molecular formula is C23H33N7O3S. The molecule has 4 heterocycles. The molecule has 1 N–H and O–H groups in total. The first-order valence-electron chi connectivity index (χ1n) is 11.7. The van der Waals surface area contributed by atoms with E-state index in [9.17, 15) is 4.79 Å². The van der Waals surface area contributed by atoms with Crippen molar-refractivity contribution in [3.05, 3.63) is 28.3 Å². The minimum atomic E-state index is -0.278. The summed E-state index contributed by atoms with van der Waals surface area (Å²) in [6.45, 7) is 11.7. The molecule has 34 heavy (non-hydrogen) atoms. The molecule has 0 spiro atoms. The molecular weight excluding hydrogens is 454 g/mol. The number of hydrogen-bond acceptors (Lipinski definition) is 9. The fourth-order valence-electron chi connectivity index (χ4n) is 4.14. The summed E-state index contributed by atoms with van der Waals surface area (Å²) in [5, 5.41) is 4.35. The first kappa shape index (κ1) is 24.6. The molecule has 3 aromatic heterocycles. The van der Waals surface area contributed by atoms with E-state index >= 15 is 0 Å². The number of aryl methyl sites for hydroxylation is 2. The first-order valence-corrected chi connectivity index (χ1v) is 12.5. The van der Waals surface area contributed by atoms with E-state index in [2.05, 4.69) is 31.2 Å². The molecule has 11 heteroatoms. The van der Waals surface area contributed by atoms with Crippen LogP contribution in [-0.2, 0) is 18.2 Å². The van der Waals surface area contributed by atoms with Gasteiger partial charge in [-0.2, -0.15) is 5.10 Å². The van der Waals surface area contributed by atoms with E-state index in [-0.39, 0.29) is 11.7 Å². The third kappa shape index (κ3) is 5.27. The Morgan fingerprint density at radius 2 is 1.97 bits per heavy atom. The molecule has 10 nitrogen and oxygen atoms in total. The van der Waals surface area contributed by atoms with E-state index in [4.69, 9.17) is 14.5 Å². The Morgan fingerprint density at radius 3 is 2.65 bits per heavy atom. The van der Waals surface area contributed by atoms with E-state index in [0.29, 0.717) is 34.9 Å². The van der Waals surface area contributed by atoms with Crippen LogP contribution in [0.2, 0.25) is 0 Å². The van der Waals surface area contributed by atoms with E-state index in [0.717, 1.165) is 49.7 Å². The van der Waals surface area contributed by atoms with E-state index in [1.54, 1.807) is 23.7 Å². The Hall–Kier alpha value is -2.47. The third-order valence-corrected chi connectivity index (χ3v) is 7.01. The molecule has 1 aliphatic heterocycles. The van der Waals surface area contributed by atoms with Crippen molar-refractivity contribution < 1.29 is 9.47 Å². The molecule has 184 valence electrons. The Morgan fingerprint density at radius 1 is 1.21 bits per heavy atom. The standard InChI is InChI=1S/C23H33N7O3S/c1-6-18-19-20(27-28(18)4)22(31)26-21(25-19)17-12-16(13-24-23(17)33-15(3)14-32-5)34-30-10-8-29(7-2)9-11-30/h12-13,15H,6-11,14H2,1-5H3,(H,25,26,31). The van der Waals surface area contributed by atoms with Crippen LogP contribution in [0.4, 0.5) is 0 Å². The summed E-state index contributed by atoms with van der Waals surface area (Å²) in [5.74, 6) is 0.833. The average molecular weight is 488 g/mol. The number of H-pyrrole nitrogens is 1. The fourth-order valence-corrected chi connectivity index (χ4v) is 5.05. The first-order chi connectivity index (χ1) is 16.4. The molecule has 3 aromatic rings. The lowest BCUT2D eigenvalue weighted by molar-refractivity contribution is 0.0893. The molecule has 1 fully saturated rings. The number of fused-ring (bicyclic) bond motifs is 1. The second-order valence-corrected chi connectivity index (χ2v) is 9.57. The number of rotatable bonds is 9. The van der Waals surface area contributed by atoms with E-state index in [1.807, 2.05) is 33.2 Å². The number of likely N-dealkylation sites (N-methyl/N-ethyl adjacent to an activating group) is 1.